The number of carbonyl (C=O) groups is 1. The first kappa shape index (κ1) is 6.51. The van der Waals surface area contributed by atoms with Crippen LogP contribution >= 0.6 is 0 Å². The minimum atomic E-state index is -0.975. The van der Waals surface area contributed by atoms with E-state index in [1.807, 2.05) is 0 Å². The van der Waals surface area contributed by atoms with E-state index in [2.05, 4.69) is 5.32 Å². The van der Waals surface area contributed by atoms with Crippen molar-refractivity contribution in [3.8, 4) is 0 Å². The molecule has 1 atom stereocenters. The number of aliphatic hydroxyl groups is 1. The maximum absolute atomic E-state index is 10.5. The summed E-state index contributed by atoms with van der Waals surface area (Å²) in [5, 5.41) is 11.8. The lowest BCUT2D eigenvalue weighted by atomic mass is 10.0. The lowest BCUT2D eigenvalue weighted by Crippen LogP contribution is -2.39. The van der Waals surface area contributed by atoms with E-state index >= 15 is 0 Å². The Balaban J connectivity index is 2.54. The van der Waals surface area contributed by atoms with Crippen LogP contribution in [-0.2, 0) is 4.79 Å². The van der Waals surface area contributed by atoms with Gasteiger partial charge in [0.15, 0.2) is 0 Å². The van der Waals surface area contributed by atoms with E-state index in [1.54, 1.807) is 0 Å². The normalized spacial score (nSPS) is 34.7. The Morgan fingerprint density at radius 2 is 2.56 bits per heavy atom. The Kier molecular flexibility index (Phi) is 1.42. The maximum Gasteiger partial charge on any atom is 0.223 e. The summed E-state index contributed by atoms with van der Waals surface area (Å²) < 4.78 is 0. The molecule has 1 heterocycles. The van der Waals surface area contributed by atoms with Crippen molar-refractivity contribution in [1.29, 1.82) is 0 Å². The lowest BCUT2D eigenvalue weighted by Gasteiger charge is -2.15. The number of nitrogens with one attached hydrogen (secondary N) is 1. The molecule has 4 N–H and O–H groups in total. The molecule has 1 rings (SSSR count). The standard InChI is InChI=1S/C5H10N2O2/c6-2-5(9)1-4(8)7-3-5/h9H,1-3,6H2,(H,7,8). The summed E-state index contributed by atoms with van der Waals surface area (Å²) in [4.78, 5) is 10.5. The van der Waals surface area contributed by atoms with Crippen LogP contribution in [0.5, 0.6) is 0 Å². The van der Waals surface area contributed by atoms with Crippen LogP contribution in [0.2, 0.25) is 0 Å². The molecule has 1 saturated heterocycles. The molecule has 1 aliphatic heterocycles. The fourth-order valence-corrected chi connectivity index (χ4v) is 0.831. The number of hydrogen-bond donors (Lipinski definition) is 3. The molecule has 9 heavy (non-hydrogen) atoms. The van der Waals surface area contributed by atoms with Crippen LogP contribution in [0.25, 0.3) is 0 Å². The number of carbonyl (C=O) groups excluding carboxylic acids is 1. The SMILES string of the molecule is NCC1(O)CNC(=O)C1. The summed E-state index contributed by atoms with van der Waals surface area (Å²) in [5.74, 6) is -0.122. The van der Waals surface area contributed by atoms with Crippen molar-refractivity contribution in [3.63, 3.8) is 0 Å². The molecule has 0 aromatic carbocycles. The summed E-state index contributed by atoms with van der Waals surface area (Å²) >= 11 is 0. The van der Waals surface area contributed by atoms with Crippen molar-refractivity contribution in [3.05, 3.63) is 0 Å². The van der Waals surface area contributed by atoms with Crippen LogP contribution < -0.4 is 11.1 Å². The van der Waals surface area contributed by atoms with E-state index in [1.165, 1.54) is 0 Å². The fourth-order valence-electron chi connectivity index (χ4n) is 0.831. The topological polar surface area (TPSA) is 75.3 Å². The van der Waals surface area contributed by atoms with E-state index in [0.29, 0.717) is 6.54 Å². The zero-order chi connectivity index (χ0) is 6.91. The third kappa shape index (κ3) is 1.20. The van der Waals surface area contributed by atoms with E-state index in [0.717, 1.165) is 0 Å². The van der Waals surface area contributed by atoms with Gasteiger partial charge in [-0.15, -0.1) is 0 Å². The largest absolute Gasteiger partial charge is 0.386 e. The zero-order valence-electron chi connectivity index (χ0n) is 5.05. The third-order valence-corrected chi connectivity index (χ3v) is 1.48. The first-order chi connectivity index (χ1) is 4.16. The molecule has 4 nitrogen and oxygen atoms in total. The molecule has 0 spiro atoms. The Labute approximate surface area is 53.0 Å². The average molecular weight is 130 g/mol. The van der Waals surface area contributed by atoms with Gasteiger partial charge in [0.2, 0.25) is 5.91 Å². The van der Waals surface area contributed by atoms with Crippen LogP contribution in [0.1, 0.15) is 6.42 Å². The van der Waals surface area contributed by atoms with Crippen LogP contribution in [-0.4, -0.2) is 29.7 Å². The predicted octanol–water partition coefficient (Wildman–Crippen LogP) is -1.80. The molecule has 0 bridgehead atoms. The number of β-amino-alcohol motifs (C(OH)–C–C–N with tert-alkyl or cyclic N) is 1. The molecule has 1 unspecified atom stereocenters. The van der Waals surface area contributed by atoms with Gasteiger partial charge in [-0.1, -0.05) is 0 Å². The van der Waals surface area contributed by atoms with Gasteiger partial charge in [0.1, 0.15) is 5.60 Å². The number of hydrogen-bond acceptors (Lipinski definition) is 3. The van der Waals surface area contributed by atoms with Gasteiger partial charge in [-0.05, 0) is 0 Å². The van der Waals surface area contributed by atoms with Gasteiger partial charge < -0.3 is 16.2 Å². The summed E-state index contributed by atoms with van der Waals surface area (Å²) in [6.07, 6.45) is 0.142. The Morgan fingerprint density at radius 3 is 2.78 bits per heavy atom. The summed E-state index contributed by atoms with van der Waals surface area (Å²) in [7, 11) is 0. The molecule has 1 amide bonds. The Morgan fingerprint density at radius 1 is 1.89 bits per heavy atom. The molecule has 0 saturated carbocycles. The number of amides is 1. The number of rotatable bonds is 1. The third-order valence-electron chi connectivity index (χ3n) is 1.48. The second kappa shape index (κ2) is 1.97. The van der Waals surface area contributed by atoms with Gasteiger partial charge in [-0.2, -0.15) is 0 Å². The van der Waals surface area contributed by atoms with Crippen molar-refractivity contribution in [2.45, 2.75) is 12.0 Å². The van der Waals surface area contributed by atoms with E-state index in [4.69, 9.17) is 5.73 Å². The highest BCUT2D eigenvalue weighted by atomic mass is 16.3. The van der Waals surface area contributed by atoms with Crippen molar-refractivity contribution >= 4 is 5.91 Å². The molecular weight excluding hydrogens is 120 g/mol. The molecule has 1 fully saturated rings. The van der Waals surface area contributed by atoms with Gasteiger partial charge in [-0.25, -0.2) is 0 Å². The molecule has 52 valence electrons. The first-order valence-electron chi connectivity index (χ1n) is 2.85. The van der Waals surface area contributed by atoms with Crippen LogP contribution in [0, 0.1) is 0 Å². The van der Waals surface area contributed by atoms with Crippen molar-refractivity contribution in [2.75, 3.05) is 13.1 Å². The smallest absolute Gasteiger partial charge is 0.223 e. The molecule has 0 radical (unpaired) electrons. The van der Waals surface area contributed by atoms with Crippen LogP contribution in [0.3, 0.4) is 0 Å². The minimum absolute atomic E-state index is 0.122. The molecule has 0 aromatic heterocycles. The highest BCUT2D eigenvalue weighted by Crippen LogP contribution is 2.12. The Hall–Kier alpha value is -0.610. The first-order valence-corrected chi connectivity index (χ1v) is 2.85. The van der Waals surface area contributed by atoms with Crippen molar-refractivity contribution in [2.24, 2.45) is 5.73 Å². The number of nitrogens with two attached hydrogens (primary N) is 1. The molecule has 0 aromatic rings. The Bertz CT molecular complexity index is 137. The monoisotopic (exact) mass is 130 g/mol. The maximum atomic E-state index is 10.5. The molecular formula is C5H10N2O2. The summed E-state index contributed by atoms with van der Waals surface area (Å²) in [5.41, 5.74) is 4.21. The van der Waals surface area contributed by atoms with E-state index in [-0.39, 0.29) is 18.9 Å². The second-order valence-electron chi connectivity index (χ2n) is 2.38. The van der Waals surface area contributed by atoms with Crippen LogP contribution in [0.4, 0.5) is 0 Å². The van der Waals surface area contributed by atoms with E-state index in [9.17, 15) is 9.90 Å². The fraction of sp³-hybridized carbons (Fsp3) is 0.800. The van der Waals surface area contributed by atoms with E-state index < -0.39 is 5.60 Å². The summed E-state index contributed by atoms with van der Waals surface area (Å²) in [6.45, 7) is 0.439. The van der Waals surface area contributed by atoms with Crippen molar-refractivity contribution in [1.82, 2.24) is 5.32 Å². The molecule has 4 heteroatoms. The van der Waals surface area contributed by atoms with Gasteiger partial charge in [-0.3, -0.25) is 4.79 Å². The highest BCUT2D eigenvalue weighted by Gasteiger charge is 2.34. The van der Waals surface area contributed by atoms with Gasteiger partial charge >= 0.3 is 0 Å². The van der Waals surface area contributed by atoms with Gasteiger partial charge in [0.05, 0.1) is 6.42 Å². The van der Waals surface area contributed by atoms with Gasteiger partial charge in [0.25, 0.3) is 0 Å². The highest BCUT2D eigenvalue weighted by molar-refractivity contribution is 5.79. The average Bonchev–Trinajstić information content (AvgIpc) is 2.13. The summed E-state index contributed by atoms with van der Waals surface area (Å²) in [6, 6.07) is 0. The van der Waals surface area contributed by atoms with Crippen LogP contribution in [0.15, 0.2) is 0 Å². The predicted molar refractivity (Wildman–Crippen MR) is 31.6 cm³/mol. The lowest BCUT2D eigenvalue weighted by molar-refractivity contribution is -0.120. The zero-order valence-corrected chi connectivity index (χ0v) is 5.05. The minimum Gasteiger partial charge on any atom is -0.386 e. The second-order valence-corrected chi connectivity index (χ2v) is 2.38. The quantitative estimate of drug-likeness (QED) is 0.392. The molecule has 0 aliphatic carbocycles. The molecule has 1 aliphatic rings. The van der Waals surface area contributed by atoms with Crippen molar-refractivity contribution < 1.29 is 9.90 Å². The van der Waals surface area contributed by atoms with Gasteiger partial charge in [0, 0.05) is 13.1 Å².